The molecule has 0 radical (unpaired) electrons. The molecule has 2 amide bonds. The maximum Gasteiger partial charge on any atom is 0.323 e. The molecule has 3 heterocycles. The number of morpholine rings is 2. The molecule has 12 heteroatoms. The summed E-state index contributed by atoms with van der Waals surface area (Å²) < 4.78 is 11.3. The zero-order valence-electron chi connectivity index (χ0n) is 24.5. The van der Waals surface area contributed by atoms with Gasteiger partial charge in [-0.25, -0.2) is 4.79 Å². The van der Waals surface area contributed by atoms with Crippen molar-refractivity contribution in [1.29, 1.82) is 0 Å². The number of hydrogen-bond donors (Lipinski definition) is 2. The second kappa shape index (κ2) is 13.2. The number of ether oxygens (including phenoxy) is 2. The van der Waals surface area contributed by atoms with Crippen LogP contribution in [0.4, 0.5) is 28.1 Å². The summed E-state index contributed by atoms with van der Waals surface area (Å²) in [6.45, 7) is 8.41. The lowest BCUT2D eigenvalue weighted by Gasteiger charge is -2.36. The predicted molar refractivity (Wildman–Crippen MR) is 162 cm³/mol. The molecule has 5 rings (SSSR count). The van der Waals surface area contributed by atoms with Gasteiger partial charge in [0.2, 0.25) is 11.9 Å². The number of anilines is 4. The van der Waals surface area contributed by atoms with Crippen LogP contribution in [0, 0.1) is 0 Å². The van der Waals surface area contributed by atoms with E-state index in [1.54, 1.807) is 24.3 Å². The fourth-order valence-corrected chi connectivity index (χ4v) is 4.90. The average Bonchev–Trinajstić information content (AvgIpc) is 2.98. The zero-order chi connectivity index (χ0) is 29.6. The molecule has 2 aliphatic heterocycles. The monoisotopic (exact) mass is 574 g/mol. The Morgan fingerprint density at radius 2 is 1.31 bits per heavy atom. The quantitative estimate of drug-likeness (QED) is 0.387. The number of carbonyl (C=O) groups excluding carboxylic acids is 2. The third-order valence-corrected chi connectivity index (χ3v) is 7.19. The summed E-state index contributed by atoms with van der Waals surface area (Å²) in [5.41, 5.74) is 2.62. The van der Waals surface area contributed by atoms with E-state index >= 15 is 0 Å². The summed E-state index contributed by atoms with van der Waals surface area (Å²) in [6, 6.07) is 14.1. The first kappa shape index (κ1) is 29.4. The summed E-state index contributed by atoms with van der Waals surface area (Å²) in [5, 5.41) is 5.65. The van der Waals surface area contributed by atoms with E-state index in [1.807, 2.05) is 43.3 Å². The molecule has 42 heavy (non-hydrogen) atoms. The highest BCUT2D eigenvalue weighted by atomic mass is 16.5. The fourth-order valence-electron chi connectivity index (χ4n) is 4.90. The van der Waals surface area contributed by atoms with Gasteiger partial charge in [0.05, 0.1) is 45.1 Å². The highest BCUT2D eigenvalue weighted by Gasteiger charge is 2.27. The largest absolute Gasteiger partial charge is 0.377 e. The van der Waals surface area contributed by atoms with Crippen LogP contribution in [-0.2, 0) is 9.47 Å². The number of rotatable bonds is 8. The van der Waals surface area contributed by atoms with Crippen LogP contribution < -0.4 is 20.4 Å². The number of urea groups is 1. The van der Waals surface area contributed by atoms with Crippen molar-refractivity contribution in [3.8, 4) is 11.4 Å². The third-order valence-electron chi connectivity index (χ3n) is 7.19. The third kappa shape index (κ3) is 7.19. The first-order valence-electron chi connectivity index (χ1n) is 14.2. The molecular weight excluding hydrogens is 536 g/mol. The fraction of sp³-hybridized carbons (Fsp3) is 0.433. The van der Waals surface area contributed by atoms with Crippen molar-refractivity contribution in [2.24, 2.45) is 0 Å². The van der Waals surface area contributed by atoms with Crippen LogP contribution >= 0.6 is 0 Å². The summed E-state index contributed by atoms with van der Waals surface area (Å²) in [5.74, 6) is 1.83. The highest BCUT2D eigenvalue weighted by molar-refractivity contribution is 6.01. The van der Waals surface area contributed by atoms with E-state index in [0.717, 1.165) is 5.56 Å². The van der Waals surface area contributed by atoms with Crippen molar-refractivity contribution in [2.45, 2.75) is 25.9 Å². The number of nitrogens with zero attached hydrogens (tertiary/aromatic N) is 6. The average molecular weight is 575 g/mol. The van der Waals surface area contributed by atoms with Crippen LogP contribution in [0.2, 0.25) is 0 Å². The number of benzene rings is 2. The van der Waals surface area contributed by atoms with E-state index < -0.39 is 0 Å². The van der Waals surface area contributed by atoms with Crippen molar-refractivity contribution in [3.05, 3.63) is 54.1 Å². The lowest BCUT2D eigenvalue weighted by Crippen LogP contribution is -2.46. The molecule has 2 N–H and O–H groups in total. The molecule has 2 aliphatic rings. The number of hydrogen-bond acceptors (Lipinski definition) is 10. The molecule has 0 unspecified atom stereocenters. The second-order valence-electron chi connectivity index (χ2n) is 10.9. The van der Waals surface area contributed by atoms with Gasteiger partial charge < -0.3 is 34.8 Å². The molecule has 0 aliphatic carbocycles. The lowest BCUT2D eigenvalue weighted by atomic mass is 10.1. The molecule has 2 saturated heterocycles. The van der Waals surface area contributed by atoms with Gasteiger partial charge in [-0.15, -0.1) is 0 Å². The van der Waals surface area contributed by atoms with E-state index in [4.69, 9.17) is 24.4 Å². The van der Waals surface area contributed by atoms with E-state index in [-0.39, 0.29) is 23.9 Å². The van der Waals surface area contributed by atoms with Crippen LogP contribution in [0.1, 0.15) is 24.2 Å². The first-order valence-corrected chi connectivity index (χ1v) is 14.2. The predicted octanol–water partition coefficient (Wildman–Crippen LogP) is 3.38. The summed E-state index contributed by atoms with van der Waals surface area (Å²) >= 11 is 0. The van der Waals surface area contributed by atoms with Gasteiger partial charge >= 0.3 is 6.03 Å². The van der Waals surface area contributed by atoms with Gasteiger partial charge in [-0.2, -0.15) is 15.0 Å². The molecule has 2 fully saturated rings. The number of aromatic nitrogens is 3. The van der Waals surface area contributed by atoms with Gasteiger partial charge in [0.15, 0.2) is 11.6 Å². The minimum atomic E-state index is -0.387. The van der Waals surface area contributed by atoms with Gasteiger partial charge in [0.25, 0.3) is 0 Å². The minimum absolute atomic E-state index is 0.0208. The normalized spacial score (nSPS) is 19.1. The van der Waals surface area contributed by atoms with Crippen molar-refractivity contribution < 1.29 is 19.1 Å². The Labute approximate surface area is 246 Å². The van der Waals surface area contributed by atoms with Gasteiger partial charge in [-0.1, -0.05) is 0 Å². The minimum Gasteiger partial charge on any atom is -0.377 e. The molecule has 0 saturated carbocycles. The molecule has 222 valence electrons. The first-order chi connectivity index (χ1) is 20.3. The van der Waals surface area contributed by atoms with Crippen LogP contribution in [0.25, 0.3) is 11.4 Å². The summed E-state index contributed by atoms with van der Waals surface area (Å²) in [4.78, 5) is 45.6. The molecule has 3 aromatic rings. The molecule has 0 bridgehead atoms. The maximum atomic E-state index is 12.6. The Kier molecular flexibility index (Phi) is 9.25. The second-order valence-corrected chi connectivity index (χ2v) is 10.9. The number of ketones is 1. The van der Waals surface area contributed by atoms with Gasteiger partial charge in [0.1, 0.15) is 0 Å². The van der Waals surface area contributed by atoms with E-state index in [2.05, 4.69) is 34.3 Å². The van der Waals surface area contributed by atoms with Crippen LogP contribution in [0.3, 0.4) is 0 Å². The topological polar surface area (TPSA) is 125 Å². The summed E-state index contributed by atoms with van der Waals surface area (Å²) in [7, 11) is 3.70. The number of carbonyl (C=O) groups is 2. The van der Waals surface area contributed by atoms with E-state index in [1.165, 1.54) is 0 Å². The van der Waals surface area contributed by atoms with Crippen LogP contribution in [0.15, 0.2) is 48.5 Å². The molecule has 12 nitrogen and oxygen atoms in total. The Bertz CT molecular complexity index is 1340. The Balaban J connectivity index is 1.30. The van der Waals surface area contributed by atoms with Crippen molar-refractivity contribution >= 4 is 35.1 Å². The molecule has 1 aromatic heterocycles. The molecule has 2 aromatic carbocycles. The summed E-state index contributed by atoms with van der Waals surface area (Å²) in [6.07, 6.45) is 0. The number of Topliss-reactive ketones (excluding diaryl/α,β-unsaturated/α-hetero) is 1. The standard InChI is InChI=1S/C30H38N8O4/c1-20-18-41-15-13-37(20)28-33-27(34-29(35-28)38-14-16-42-19-21(38)2)23-7-11-25(12-8-23)32-30(40)31-24-9-5-22(6-10-24)26(39)17-36(3)4/h5-12,20-21H,13-19H2,1-4H3,(H2,31,32,40)/t20-,21-/m1/s1. The smallest absolute Gasteiger partial charge is 0.323 e. The Morgan fingerprint density at radius 3 is 1.79 bits per heavy atom. The van der Waals surface area contributed by atoms with Gasteiger partial charge in [0, 0.05) is 35.6 Å². The van der Waals surface area contributed by atoms with Crippen LogP contribution in [0.5, 0.6) is 0 Å². The van der Waals surface area contributed by atoms with Gasteiger partial charge in [-0.3, -0.25) is 4.79 Å². The number of amides is 2. The Morgan fingerprint density at radius 1 is 0.810 bits per heavy atom. The van der Waals surface area contributed by atoms with Gasteiger partial charge in [-0.05, 0) is 76.5 Å². The number of nitrogens with one attached hydrogen (secondary N) is 2. The Hall–Kier alpha value is -4.13. The van der Waals surface area contributed by atoms with Crippen molar-refractivity contribution in [1.82, 2.24) is 19.9 Å². The highest BCUT2D eigenvalue weighted by Crippen LogP contribution is 2.26. The maximum absolute atomic E-state index is 12.6. The molecule has 0 spiro atoms. The molecular formula is C30H38N8O4. The number of likely N-dealkylation sites (N-methyl/N-ethyl adjacent to an activating group) is 1. The lowest BCUT2D eigenvalue weighted by molar-refractivity contribution is 0.0957. The SMILES string of the molecule is C[C@@H]1COCCN1c1nc(-c2ccc(NC(=O)Nc3ccc(C(=O)CN(C)C)cc3)cc2)nc(N2CCOC[C@H]2C)n1. The molecule has 2 atom stereocenters. The van der Waals surface area contributed by atoms with Crippen molar-refractivity contribution in [2.75, 3.05) is 80.6 Å². The van der Waals surface area contributed by atoms with E-state index in [0.29, 0.717) is 80.7 Å². The van der Waals surface area contributed by atoms with Crippen molar-refractivity contribution in [3.63, 3.8) is 0 Å². The van der Waals surface area contributed by atoms with Crippen LogP contribution in [-0.4, -0.2) is 104 Å². The zero-order valence-corrected chi connectivity index (χ0v) is 24.5. The van der Waals surface area contributed by atoms with E-state index in [9.17, 15) is 9.59 Å².